The van der Waals surface area contributed by atoms with Gasteiger partial charge in [-0.1, -0.05) is 60.6 Å². The Morgan fingerprint density at radius 1 is 1.09 bits per heavy atom. The summed E-state index contributed by atoms with van der Waals surface area (Å²) in [5.41, 5.74) is 8.77. The van der Waals surface area contributed by atoms with Crippen LogP contribution in [0.15, 0.2) is 35.2 Å². The maximum atomic E-state index is 13.7. The number of fused-ring (bicyclic) bond motifs is 2. The fourth-order valence-corrected chi connectivity index (χ4v) is 9.63. The molecule has 14 heteroatoms. The Balaban J connectivity index is 1.02. The molecular formula is C39H51ClN6O5S2. The second kappa shape index (κ2) is 17.0. The van der Waals surface area contributed by atoms with Crippen LogP contribution in [0.4, 0.5) is 4.79 Å². The Kier molecular flexibility index (Phi) is 12.6. The van der Waals surface area contributed by atoms with E-state index in [2.05, 4.69) is 21.3 Å². The van der Waals surface area contributed by atoms with Gasteiger partial charge in [-0.25, -0.2) is 4.79 Å². The number of thioether (sulfide) groups is 1. The van der Waals surface area contributed by atoms with Gasteiger partial charge in [0.05, 0.1) is 11.3 Å². The Bertz CT molecular complexity index is 1730. The van der Waals surface area contributed by atoms with E-state index in [0.29, 0.717) is 46.3 Å². The second-order valence-electron chi connectivity index (χ2n) is 15.8. The van der Waals surface area contributed by atoms with Gasteiger partial charge in [0.15, 0.2) is 0 Å². The first-order chi connectivity index (χ1) is 25.2. The van der Waals surface area contributed by atoms with Gasteiger partial charge >= 0.3 is 6.09 Å². The zero-order valence-electron chi connectivity index (χ0n) is 30.8. The zero-order valence-corrected chi connectivity index (χ0v) is 33.2. The summed E-state index contributed by atoms with van der Waals surface area (Å²) >= 11 is 13.4. The fraction of sp³-hybridized carbons (Fsp3) is 0.564. The van der Waals surface area contributed by atoms with Crippen LogP contribution in [-0.2, 0) is 25.5 Å². The van der Waals surface area contributed by atoms with Crippen LogP contribution in [0.3, 0.4) is 0 Å². The molecule has 3 heterocycles. The number of amides is 4. The quantitative estimate of drug-likeness (QED) is 0.121. The molecule has 4 aliphatic rings. The maximum Gasteiger partial charge on any atom is 0.408 e. The highest BCUT2D eigenvalue weighted by molar-refractivity contribution is 8.26. The molecule has 3 unspecified atom stereocenters. The predicted octanol–water partition coefficient (Wildman–Crippen LogP) is 6.35. The molecule has 286 valence electrons. The van der Waals surface area contributed by atoms with Crippen LogP contribution >= 0.6 is 35.6 Å². The molecule has 2 aromatic rings. The van der Waals surface area contributed by atoms with Gasteiger partial charge in [-0.15, -0.1) is 0 Å². The summed E-state index contributed by atoms with van der Waals surface area (Å²) in [6, 6.07) is 9.12. The average Bonchev–Trinajstić information content (AvgIpc) is 3.88. The Morgan fingerprint density at radius 3 is 2.47 bits per heavy atom. The van der Waals surface area contributed by atoms with E-state index in [1.54, 1.807) is 25.7 Å². The number of ether oxygens (including phenoxy) is 1. The number of hydrogen-bond donors (Lipinski definition) is 3. The number of primary amides is 1. The van der Waals surface area contributed by atoms with Crippen LogP contribution in [-0.4, -0.2) is 98.2 Å². The largest absolute Gasteiger partial charge is 0.444 e. The summed E-state index contributed by atoms with van der Waals surface area (Å²) in [7, 11) is 0. The molecule has 4 amide bonds. The lowest BCUT2D eigenvalue weighted by atomic mass is 9.94. The number of rotatable bonds is 13. The standard InChI is InChI=1S/C39H51ClN6O5S2/c1-39(2,3)51-37(50)43-31(23-34(41)47)35(48)45-17-15-44(16-18-45)14-6-4-5-7-26-21-29(25-10-12-28(40)13-11-25)42-30(26)22-33-36(49)46(38(52)53-33)32-20-24-8-9-27(32)19-24/h10-13,21-22,24,27,31-32,42H,4-9,14-20,23H2,1-3H3,(H2,41,47)(H,43,50)/t24?,27?,31-,32?/m0/s1. The van der Waals surface area contributed by atoms with Crippen molar-refractivity contribution in [3.63, 3.8) is 0 Å². The molecule has 2 bridgehead atoms. The van der Waals surface area contributed by atoms with Crippen molar-refractivity contribution in [1.29, 1.82) is 0 Å². The van der Waals surface area contributed by atoms with Crippen molar-refractivity contribution >= 4 is 69.8 Å². The van der Waals surface area contributed by atoms with Gasteiger partial charge in [-0.3, -0.25) is 24.2 Å². The molecule has 4 atom stereocenters. The first kappa shape index (κ1) is 39.3. The molecule has 0 spiro atoms. The monoisotopic (exact) mass is 782 g/mol. The van der Waals surface area contributed by atoms with Gasteiger partial charge in [0.25, 0.3) is 5.91 Å². The summed E-state index contributed by atoms with van der Waals surface area (Å²) in [5, 5.41) is 3.21. The number of H-pyrrole nitrogens is 1. The third kappa shape index (κ3) is 10.0. The number of piperazine rings is 1. The van der Waals surface area contributed by atoms with Gasteiger partial charge in [-0.05, 0) is 113 Å². The summed E-state index contributed by atoms with van der Waals surface area (Å²) in [6.07, 6.45) is 9.57. The lowest BCUT2D eigenvalue weighted by Gasteiger charge is -2.36. The number of thiocarbonyl (C=S) groups is 1. The molecule has 2 saturated heterocycles. The lowest BCUT2D eigenvalue weighted by molar-refractivity contribution is -0.137. The van der Waals surface area contributed by atoms with E-state index in [1.807, 2.05) is 35.2 Å². The van der Waals surface area contributed by atoms with E-state index in [1.165, 1.54) is 31.0 Å². The fourth-order valence-electron chi connectivity index (χ4n) is 8.15. The summed E-state index contributed by atoms with van der Waals surface area (Å²) in [6.45, 7) is 8.50. The van der Waals surface area contributed by atoms with Crippen LogP contribution < -0.4 is 11.1 Å². The highest BCUT2D eigenvalue weighted by atomic mass is 35.5. The van der Waals surface area contributed by atoms with Crippen LogP contribution in [0.25, 0.3) is 17.3 Å². The topological polar surface area (TPSA) is 141 Å². The first-order valence-corrected chi connectivity index (χ1v) is 20.4. The molecule has 53 heavy (non-hydrogen) atoms. The van der Waals surface area contributed by atoms with Gasteiger partial charge in [0, 0.05) is 48.6 Å². The van der Waals surface area contributed by atoms with E-state index < -0.39 is 23.6 Å². The molecule has 4 N–H and O–H groups in total. The number of carbonyl (C=O) groups is 4. The van der Waals surface area contributed by atoms with E-state index in [-0.39, 0.29) is 24.3 Å². The first-order valence-electron chi connectivity index (χ1n) is 18.8. The maximum absolute atomic E-state index is 13.7. The molecule has 11 nitrogen and oxygen atoms in total. The number of aromatic amines is 1. The molecule has 1 aromatic heterocycles. The van der Waals surface area contributed by atoms with Crippen molar-refractivity contribution in [2.24, 2.45) is 17.6 Å². The SMILES string of the molecule is CC(C)(C)OC(=O)N[C@@H](CC(N)=O)C(=O)N1CCN(CCCCCc2cc(-c3ccc(Cl)cc3)[nH]c2C=C2SC(=S)N(C3CC4CCC3C4)C2=O)CC1. The Labute approximate surface area is 326 Å². The summed E-state index contributed by atoms with van der Waals surface area (Å²) in [4.78, 5) is 61.2. The van der Waals surface area contributed by atoms with Crippen LogP contribution in [0.1, 0.15) is 83.4 Å². The highest BCUT2D eigenvalue weighted by Crippen LogP contribution is 2.49. The second-order valence-corrected chi connectivity index (χ2v) is 17.9. The number of halogens is 1. The molecule has 2 saturated carbocycles. The number of benzene rings is 1. The van der Waals surface area contributed by atoms with E-state index in [9.17, 15) is 19.2 Å². The Morgan fingerprint density at radius 2 is 1.83 bits per heavy atom. The number of unbranched alkanes of at least 4 members (excludes halogenated alkanes) is 2. The van der Waals surface area contributed by atoms with Gasteiger partial charge in [0.2, 0.25) is 11.8 Å². The number of nitrogens with two attached hydrogens (primary N) is 1. The van der Waals surface area contributed by atoms with Crippen LogP contribution in [0.2, 0.25) is 5.02 Å². The van der Waals surface area contributed by atoms with E-state index in [4.69, 9.17) is 34.3 Å². The highest BCUT2D eigenvalue weighted by Gasteiger charge is 2.48. The number of nitrogens with one attached hydrogen (secondary N) is 2. The van der Waals surface area contributed by atoms with E-state index >= 15 is 0 Å². The molecule has 2 aliphatic carbocycles. The van der Waals surface area contributed by atoms with Crippen molar-refractivity contribution in [3.8, 4) is 11.3 Å². The smallest absolute Gasteiger partial charge is 0.408 e. The summed E-state index contributed by atoms with van der Waals surface area (Å²) in [5.74, 6) is 0.332. The van der Waals surface area contributed by atoms with Crippen LogP contribution in [0.5, 0.6) is 0 Å². The molecule has 4 fully saturated rings. The molecule has 6 rings (SSSR count). The zero-order chi connectivity index (χ0) is 37.9. The minimum atomic E-state index is -1.06. The molecule has 0 radical (unpaired) electrons. The number of alkyl carbamates (subject to hydrolysis) is 1. The molecule has 1 aromatic carbocycles. The minimum Gasteiger partial charge on any atom is -0.444 e. The van der Waals surface area contributed by atoms with Crippen molar-refractivity contribution in [1.82, 2.24) is 25.0 Å². The molecule has 2 aliphatic heterocycles. The van der Waals surface area contributed by atoms with Gasteiger partial charge < -0.3 is 25.7 Å². The number of aryl methyl sites for hydroxylation is 1. The third-order valence-electron chi connectivity index (χ3n) is 10.7. The lowest BCUT2D eigenvalue weighted by Crippen LogP contribution is -2.56. The number of hydrogen-bond acceptors (Lipinski definition) is 8. The average molecular weight is 783 g/mol. The minimum absolute atomic E-state index is 0.0376. The van der Waals surface area contributed by atoms with Gasteiger partial charge in [-0.2, -0.15) is 0 Å². The number of carbonyl (C=O) groups excluding carboxylic acids is 4. The van der Waals surface area contributed by atoms with Crippen molar-refractivity contribution in [2.75, 3.05) is 32.7 Å². The van der Waals surface area contributed by atoms with E-state index in [0.717, 1.165) is 67.1 Å². The van der Waals surface area contributed by atoms with Crippen LogP contribution in [0, 0.1) is 11.8 Å². The number of nitrogens with zero attached hydrogens (tertiary/aromatic N) is 3. The summed E-state index contributed by atoms with van der Waals surface area (Å²) < 4.78 is 5.96. The molecular weight excluding hydrogens is 732 g/mol. The van der Waals surface area contributed by atoms with Crippen molar-refractivity contribution in [3.05, 3.63) is 51.5 Å². The predicted molar refractivity (Wildman–Crippen MR) is 213 cm³/mol. The van der Waals surface area contributed by atoms with Gasteiger partial charge in [0.1, 0.15) is 16.0 Å². The third-order valence-corrected chi connectivity index (χ3v) is 12.3. The van der Waals surface area contributed by atoms with Crippen molar-refractivity contribution < 1.29 is 23.9 Å². The Hall–Kier alpha value is -3.39. The number of aromatic nitrogens is 1. The van der Waals surface area contributed by atoms with Crippen molar-refractivity contribution in [2.45, 2.75) is 96.2 Å². The normalized spacial score (nSPS) is 23.2.